The van der Waals surface area contributed by atoms with Crippen LogP contribution in [0.1, 0.15) is 59.4 Å². The molecular formula is C29H34N4O4S. The Bertz CT molecular complexity index is 1480. The van der Waals surface area contributed by atoms with Crippen LogP contribution in [0.2, 0.25) is 0 Å². The molecule has 2 fully saturated rings. The third-order valence-electron chi connectivity index (χ3n) is 7.73. The summed E-state index contributed by atoms with van der Waals surface area (Å²) in [4.78, 5) is 30.8. The van der Waals surface area contributed by atoms with E-state index >= 15 is 0 Å². The third kappa shape index (κ3) is 4.52. The van der Waals surface area contributed by atoms with Gasteiger partial charge in [0.05, 0.1) is 30.3 Å². The number of benzene rings is 1. The molecule has 0 amide bonds. The summed E-state index contributed by atoms with van der Waals surface area (Å²) < 4.78 is 13.2. The van der Waals surface area contributed by atoms with Gasteiger partial charge in [0, 0.05) is 59.3 Å². The topological polar surface area (TPSA) is 76.4 Å². The average molecular weight is 535 g/mol. The second kappa shape index (κ2) is 10.2. The number of methoxy groups -OCH3 is 1. The Labute approximate surface area is 226 Å². The predicted octanol–water partition coefficient (Wildman–Crippen LogP) is 4.54. The number of piperazine rings is 1. The van der Waals surface area contributed by atoms with Gasteiger partial charge in [-0.05, 0) is 64.3 Å². The van der Waals surface area contributed by atoms with Crippen LogP contribution in [0.3, 0.4) is 0 Å². The van der Waals surface area contributed by atoms with E-state index in [2.05, 4.69) is 27.6 Å². The highest BCUT2D eigenvalue weighted by Crippen LogP contribution is 2.45. The van der Waals surface area contributed by atoms with E-state index < -0.39 is 5.97 Å². The number of hydrazone groups is 1. The Morgan fingerprint density at radius 2 is 1.92 bits per heavy atom. The first kappa shape index (κ1) is 25.1. The molecule has 200 valence electrons. The maximum atomic E-state index is 13.4. The molecule has 3 aliphatic rings. The zero-order valence-electron chi connectivity index (χ0n) is 22.3. The summed E-state index contributed by atoms with van der Waals surface area (Å²) in [7, 11) is 3.82. The van der Waals surface area contributed by atoms with Crippen molar-refractivity contribution in [1.82, 2.24) is 14.5 Å². The Kier molecular flexibility index (Phi) is 6.74. The molecule has 3 heterocycles. The Hall–Kier alpha value is -3.17. The Morgan fingerprint density at radius 3 is 2.63 bits per heavy atom. The number of thiophene rings is 1. The highest BCUT2D eigenvalue weighted by atomic mass is 32.1. The zero-order chi connectivity index (χ0) is 26.4. The number of fused-ring (bicyclic) bond motifs is 2. The molecule has 0 radical (unpaired) electrons. The molecule has 0 spiro atoms. The number of rotatable bonds is 6. The smallest absolute Gasteiger partial charge is 0.343 e. The molecule has 2 aliphatic carbocycles. The van der Waals surface area contributed by atoms with Crippen LogP contribution in [0.25, 0.3) is 21.3 Å². The van der Waals surface area contributed by atoms with Gasteiger partial charge < -0.3 is 18.9 Å². The van der Waals surface area contributed by atoms with E-state index in [1.165, 1.54) is 16.2 Å². The molecule has 8 nitrogen and oxygen atoms in total. The molecule has 0 bridgehead atoms. The number of hydrogen-bond donors (Lipinski definition) is 0. The first-order chi connectivity index (χ1) is 18.5. The maximum absolute atomic E-state index is 13.4. The van der Waals surface area contributed by atoms with Gasteiger partial charge in [-0.1, -0.05) is 0 Å². The van der Waals surface area contributed by atoms with E-state index in [4.69, 9.17) is 14.6 Å². The average Bonchev–Trinajstić information content (AvgIpc) is 3.67. The molecule has 1 saturated carbocycles. The normalized spacial score (nSPS) is 19.1. The highest BCUT2D eigenvalue weighted by Gasteiger charge is 2.30. The van der Waals surface area contributed by atoms with E-state index in [-0.39, 0.29) is 23.6 Å². The molecule has 6 rings (SSSR count). The van der Waals surface area contributed by atoms with Crippen LogP contribution in [0.4, 0.5) is 0 Å². The SMILES string of the molecule is CCOC(=O)c1cn(C2CC2)c2c(OC)c(-c3cc4c(s3)CCCC4=NN3CCN(C)CC3)ccc2c1=O. The van der Waals surface area contributed by atoms with Crippen LogP contribution in [-0.4, -0.2) is 73.1 Å². The molecule has 2 aromatic heterocycles. The summed E-state index contributed by atoms with van der Waals surface area (Å²) in [6.45, 7) is 5.95. The maximum Gasteiger partial charge on any atom is 0.343 e. The van der Waals surface area contributed by atoms with Crippen LogP contribution >= 0.6 is 11.3 Å². The van der Waals surface area contributed by atoms with Crippen LogP contribution in [0.5, 0.6) is 5.75 Å². The fraction of sp³-hybridized carbons (Fsp3) is 0.483. The lowest BCUT2D eigenvalue weighted by atomic mass is 9.96. The van der Waals surface area contributed by atoms with E-state index in [0.29, 0.717) is 11.1 Å². The number of hydrogen-bond acceptors (Lipinski definition) is 8. The molecule has 1 aromatic carbocycles. The van der Waals surface area contributed by atoms with E-state index in [9.17, 15) is 9.59 Å². The van der Waals surface area contributed by atoms with E-state index in [0.717, 1.165) is 74.2 Å². The summed E-state index contributed by atoms with van der Waals surface area (Å²) in [5.74, 6) is 0.105. The molecule has 9 heteroatoms. The minimum Gasteiger partial charge on any atom is -0.494 e. The van der Waals surface area contributed by atoms with Crippen LogP contribution in [0, 0.1) is 0 Å². The van der Waals surface area contributed by atoms with Crippen molar-refractivity contribution in [1.29, 1.82) is 0 Å². The molecule has 1 saturated heterocycles. The number of pyridine rings is 1. The first-order valence-electron chi connectivity index (χ1n) is 13.6. The number of nitrogens with zero attached hydrogens (tertiary/aromatic N) is 4. The number of aromatic nitrogens is 1. The van der Waals surface area contributed by atoms with Gasteiger partial charge in [-0.25, -0.2) is 4.79 Å². The summed E-state index contributed by atoms with van der Waals surface area (Å²) in [5.41, 5.74) is 3.91. The lowest BCUT2D eigenvalue weighted by Gasteiger charge is -2.31. The van der Waals surface area contributed by atoms with Gasteiger partial charge in [0.1, 0.15) is 5.56 Å². The Balaban J connectivity index is 1.45. The van der Waals surface area contributed by atoms with Gasteiger partial charge >= 0.3 is 5.97 Å². The standard InChI is InChI=1S/C29H34N4O4S/c1-4-37-29(35)22-17-33(18-8-9-18)26-20(27(22)34)11-10-19(28(26)36-3)25-16-21-23(6-5-7-24(21)38-25)30-32-14-12-31(2)13-15-32/h10-11,16-18H,4-9,12-15H2,1-3H3. The molecular weight excluding hydrogens is 500 g/mol. The van der Waals surface area contributed by atoms with Crippen molar-refractivity contribution in [2.24, 2.45) is 5.10 Å². The molecule has 0 unspecified atom stereocenters. The van der Waals surface area contributed by atoms with Crippen molar-refractivity contribution >= 4 is 33.9 Å². The summed E-state index contributed by atoms with van der Waals surface area (Å²) in [5, 5.41) is 7.78. The second-order valence-corrected chi connectivity index (χ2v) is 11.5. The van der Waals surface area contributed by atoms with Crippen molar-refractivity contribution in [3.8, 4) is 16.2 Å². The number of likely N-dealkylation sites (N-methyl/N-ethyl adjacent to an activating group) is 1. The second-order valence-electron chi connectivity index (χ2n) is 10.4. The van der Waals surface area contributed by atoms with Crippen LogP contribution < -0.4 is 10.2 Å². The van der Waals surface area contributed by atoms with E-state index in [1.54, 1.807) is 31.6 Å². The van der Waals surface area contributed by atoms with E-state index in [1.807, 2.05) is 12.1 Å². The fourth-order valence-electron chi connectivity index (χ4n) is 5.53. The molecule has 1 aliphatic heterocycles. The first-order valence-corrected chi connectivity index (χ1v) is 14.4. The molecule has 0 atom stereocenters. The molecule has 38 heavy (non-hydrogen) atoms. The largest absolute Gasteiger partial charge is 0.494 e. The van der Waals surface area contributed by atoms with Gasteiger partial charge in [-0.2, -0.15) is 5.10 Å². The highest BCUT2D eigenvalue weighted by molar-refractivity contribution is 7.16. The van der Waals surface area contributed by atoms with Gasteiger partial charge in [-0.3, -0.25) is 9.80 Å². The zero-order valence-corrected chi connectivity index (χ0v) is 23.1. The number of carbonyl (C=O) groups is 1. The van der Waals surface area contributed by atoms with Crippen LogP contribution in [-0.2, 0) is 11.2 Å². The summed E-state index contributed by atoms with van der Waals surface area (Å²) in [6.07, 6.45) is 6.83. The number of ether oxygens (including phenoxy) is 2. The number of esters is 1. The predicted molar refractivity (Wildman–Crippen MR) is 151 cm³/mol. The minimum atomic E-state index is -0.574. The number of aryl methyl sites for hydroxylation is 1. The summed E-state index contributed by atoms with van der Waals surface area (Å²) >= 11 is 1.79. The van der Waals surface area contributed by atoms with Crippen molar-refractivity contribution in [3.05, 3.63) is 50.6 Å². The third-order valence-corrected chi connectivity index (χ3v) is 8.96. The van der Waals surface area contributed by atoms with Crippen molar-refractivity contribution in [3.63, 3.8) is 0 Å². The molecule has 0 N–H and O–H groups in total. The lowest BCUT2D eigenvalue weighted by Crippen LogP contribution is -2.42. The summed E-state index contributed by atoms with van der Waals surface area (Å²) in [6, 6.07) is 6.30. The van der Waals surface area contributed by atoms with Crippen molar-refractivity contribution in [2.75, 3.05) is 46.9 Å². The Morgan fingerprint density at radius 1 is 1.13 bits per heavy atom. The van der Waals surface area contributed by atoms with Gasteiger partial charge in [0.25, 0.3) is 0 Å². The van der Waals surface area contributed by atoms with Gasteiger partial charge in [0.2, 0.25) is 5.43 Å². The van der Waals surface area contributed by atoms with Gasteiger partial charge in [0.15, 0.2) is 5.75 Å². The number of carbonyl (C=O) groups excluding carboxylic acids is 1. The monoisotopic (exact) mass is 534 g/mol. The van der Waals surface area contributed by atoms with Crippen LogP contribution in [0.15, 0.2) is 34.3 Å². The van der Waals surface area contributed by atoms with Crippen molar-refractivity contribution in [2.45, 2.75) is 45.1 Å². The quantitative estimate of drug-likeness (QED) is 0.433. The van der Waals surface area contributed by atoms with Crippen molar-refractivity contribution < 1.29 is 14.3 Å². The van der Waals surface area contributed by atoms with Gasteiger partial charge in [-0.15, -0.1) is 11.3 Å². The molecule has 3 aromatic rings. The lowest BCUT2D eigenvalue weighted by molar-refractivity contribution is 0.0524. The minimum absolute atomic E-state index is 0.0809. The fourth-order valence-corrected chi connectivity index (χ4v) is 6.77.